The topological polar surface area (TPSA) is 52.6 Å². The molecule has 6 heteroatoms. The van der Waals surface area contributed by atoms with Crippen LogP contribution >= 0.6 is 23.2 Å². The number of carbonyl (C=O) groups excluding carboxylic acids is 2. The summed E-state index contributed by atoms with van der Waals surface area (Å²) < 4.78 is 11.1. The molecule has 0 amide bonds. The van der Waals surface area contributed by atoms with Gasteiger partial charge in [0.25, 0.3) is 0 Å². The van der Waals surface area contributed by atoms with Crippen LogP contribution in [0.1, 0.15) is 31.8 Å². The lowest BCUT2D eigenvalue weighted by Crippen LogP contribution is -2.10. The summed E-state index contributed by atoms with van der Waals surface area (Å²) in [6.45, 7) is 1.83. The van der Waals surface area contributed by atoms with Gasteiger partial charge in [-0.25, -0.2) is 4.79 Å². The highest BCUT2D eigenvalue weighted by Crippen LogP contribution is 2.36. The lowest BCUT2D eigenvalue weighted by Gasteiger charge is -2.07. The number of aryl methyl sites for hydroxylation is 1. The molecule has 1 aliphatic heterocycles. The maximum atomic E-state index is 12.6. The second-order valence-corrected chi connectivity index (χ2v) is 7.31. The third-order valence-corrected chi connectivity index (χ3v) is 5.03. The first-order valence-corrected chi connectivity index (χ1v) is 9.49. The highest BCUT2D eigenvalue weighted by molar-refractivity contribution is 6.35. The van der Waals surface area contributed by atoms with Crippen LogP contribution in [0.4, 0.5) is 0 Å². The van der Waals surface area contributed by atoms with Gasteiger partial charge in [-0.3, -0.25) is 4.79 Å². The minimum absolute atomic E-state index is 0.131. The predicted octanol–water partition coefficient (Wildman–Crippen LogP) is 6.14. The standard InChI is InChI=1S/C23H14Cl2O4/c1-13-4-2-3-5-17(13)23(27)28-16-8-9-18-20(12-16)29-21(22(18)26)10-14-6-7-15(24)11-19(14)25/h2-12H,1H3/b21-10-. The van der Waals surface area contributed by atoms with Gasteiger partial charge >= 0.3 is 5.97 Å². The Hall–Kier alpha value is -3.08. The number of hydrogen-bond acceptors (Lipinski definition) is 4. The third kappa shape index (κ3) is 3.90. The second-order valence-electron chi connectivity index (χ2n) is 6.47. The summed E-state index contributed by atoms with van der Waals surface area (Å²) in [5, 5.41) is 0.907. The van der Waals surface area contributed by atoms with Gasteiger partial charge in [-0.15, -0.1) is 0 Å². The van der Waals surface area contributed by atoms with E-state index in [0.717, 1.165) is 5.56 Å². The molecule has 0 unspecified atom stereocenters. The zero-order valence-electron chi connectivity index (χ0n) is 15.2. The van der Waals surface area contributed by atoms with E-state index in [2.05, 4.69) is 0 Å². The molecule has 0 spiro atoms. The van der Waals surface area contributed by atoms with Crippen LogP contribution in [-0.2, 0) is 0 Å². The Morgan fingerprint density at radius 2 is 1.83 bits per heavy atom. The average molecular weight is 425 g/mol. The Bertz CT molecular complexity index is 1180. The van der Waals surface area contributed by atoms with E-state index < -0.39 is 5.97 Å². The van der Waals surface area contributed by atoms with Crippen molar-refractivity contribution in [2.45, 2.75) is 6.92 Å². The second kappa shape index (κ2) is 7.74. The van der Waals surface area contributed by atoms with Crippen LogP contribution in [0.25, 0.3) is 6.08 Å². The summed E-state index contributed by atoms with van der Waals surface area (Å²) in [6.07, 6.45) is 1.56. The van der Waals surface area contributed by atoms with E-state index in [9.17, 15) is 9.59 Å². The summed E-state index contributed by atoms with van der Waals surface area (Å²) in [5.74, 6) is -0.0116. The highest BCUT2D eigenvalue weighted by Gasteiger charge is 2.28. The van der Waals surface area contributed by atoms with Crippen LogP contribution < -0.4 is 9.47 Å². The molecule has 144 valence electrons. The van der Waals surface area contributed by atoms with Gasteiger partial charge in [0.05, 0.1) is 11.1 Å². The van der Waals surface area contributed by atoms with Crippen molar-refractivity contribution >= 4 is 41.0 Å². The van der Waals surface area contributed by atoms with Gasteiger partial charge in [0.15, 0.2) is 5.76 Å². The van der Waals surface area contributed by atoms with Crippen LogP contribution in [0.3, 0.4) is 0 Å². The predicted molar refractivity (Wildman–Crippen MR) is 112 cm³/mol. The lowest BCUT2D eigenvalue weighted by molar-refractivity contribution is 0.0733. The number of hydrogen-bond donors (Lipinski definition) is 0. The zero-order chi connectivity index (χ0) is 20.5. The minimum Gasteiger partial charge on any atom is -0.452 e. The molecule has 0 atom stereocenters. The smallest absolute Gasteiger partial charge is 0.343 e. The van der Waals surface area contributed by atoms with Gasteiger partial charge in [-0.1, -0.05) is 47.5 Å². The molecular formula is C23H14Cl2O4. The minimum atomic E-state index is -0.476. The molecular weight excluding hydrogens is 411 g/mol. The lowest BCUT2D eigenvalue weighted by atomic mass is 10.1. The van der Waals surface area contributed by atoms with E-state index in [-0.39, 0.29) is 17.3 Å². The number of Topliss-reactive ketones (excluding diaryl/α,β-unsaturated/α-hetero) is 1. The van der Waals surface area contributed by atoms with E-state index in [0.29, 0.717) is 32.5 Å². The largest absolute Gasteiger partial charge is 0.452 e. The van der Waals surface area contributed by atoms with Gasteiger partial charge in [0.1, 0.15) is 11.5 Å². The van der Waals surface area contributed by atoms with Gasteiger partial charge in [-0.05, 0) is 54.5 Å². The molecule has 0 radical (unpaired) electrons. The fraction of sp³-hybridized carbons (Fsp3) is 0.0435. The van der Waals surface area contributed by atoms with Gasteiger partial charge < -0.3 is 9.47 Å². The number of ether oxygens (including phenoxy) is 2. The number of ketones is 1. The van der Waals surface area contributed by atoms with Gasteiger partial charge in [0, 0.05) is 16.1 Å². The maximum Gasteiger partial charge on any atom is 0.343 e. The molecule has 0 saturated carbocycles. The number of allylic oxidation sites excluding steroid dienone is 1. The average Bonchev–Trinajstić information content (AvgIpc) is 2.99. The highest BCUT2D eigenvalue weighted by atomic mass is 35.5. The van der Waals surface area contributed by atoms with Crippen molar-refractivity contribution in [3.8, 4) is 11.5 Å². The molecule has 0 saturated heterocycles. The van der Waals surface area contributed by atoms with Crippen LogP contribution in [0.5, 0.6) is 11.5 Å². The molecule has 3 aromatic rings. The molecule has 0 aromatic heterocycles. The summed E-state index contributed by atoms with van der Waals surface area (Å²) in [4.78, 5) is 25.0. The van der Waals surface area contributed by atoms with Crippen LogP contribution in [0.2, 0.25) is 10.0 Å². The summed E-state index contributed by atoms with van der Waals surface area (Å²) in [5.41, 5.74) is 2.29. The first-order valence-electron chi connectivity index (χ1n) is 8.73. The number of fused-ring (bicyclic) bond motifs is 1. The number of halogens is 2. The first-order chi connectivity index (χ1) is 13.9. The molecule has 4 nitrogen and oxygen atoms in total. The SMILES string of the molecule is Cc1ccccc1C(=O)Oc1ccc2c(c1)O/C(=C\c1ccc(Cl)cc1Cl)C2=O. The van der Waals surface area contributed by atoms with E-state index in [1.165, 1.54) is 6.07 Å². The van der Waals surface area contributed by atoms with E-state index in [1.807, 2.05) is 19.1 Å². The number of esters is 1. The quantitative estimate of drug-likeness (QED) is 0.288. The fourth-order valence-corrected chi connectivity index (χ4v) is 3.42. The van der Waals surface area contributed by atoms with Crippen molar-refractivity contribution in [3.63, 3.8) is 0 Å². The van der Waals surface area contributed by atoms with Crippen molar-refractivity contribution < 1.29 is 19.1 Å². The first kappa shape index (κ1) is 19.2. The Labute approximate surface area is 177 Å². The Kier molecular flexibility index (Phi) is 5.14. The fourth-order valence-electron chi connectivity index (χ4n) is 2.95. The van der Waals surface area contributed by atoms with Crippen molar-refractivity contribution in [1.29, 1.82) is 0 Å². The number of carbonyl (C=O) groups is 2. The molecule has 0 N–H and O–H groups in total. The zero-order valence-corrected chi connectivity index (χ0v) is 16.8. The number of rotatable bonds is 3. The molecule has 3 aromatic carbocycles. The summed E-state index contributed by atoms with van der Waals surface area (Å²) >= 11 is 12.1. The molecule has 29 heavy (non-hydrogen) atoms. The summed E-state index contributed by atoms with van der Waals surface area (Å²) in [7, 11) is 0. The van der Waals surface area contributed by atoms with E-state index >= 15 is 0 Å². The van der Waals surface area contributed by atoms with Gasteiger partial charge in [0.2, 0.25) is 5.78 Å². The van der Waals surface area contributed by atoms with E-state index in [4.69, 9.17) is 32.7 Å². The van der Waals surface area contributed by atoms with Crippen molar-refractivity contribution in [2.75, 3.05) is 0 Å². The van der Waals surface area contributed by atoms with Crippen LogP contribution in [0, 0.1) is 6.92 Å². The molecule has 0 fully saturated rings. The molecule has 1 heterocycles. The molecule has 4 rings (SSSR count). The normalized spacial score (nSPS) is 13.9. The monoisotopic (exact) mass is 424 g/mol. The van der Waals surface area contributed by atoms with Crippen molar-refractivity contribution in [2.24, 2.45) is 0 Å². The Morgan fingerprint density at radius 1 is 1.03 bits per heavy atom. The van der Waals surface area contributed by atoms with Crippen molar-refractivity contribution in [1.82, 2.24) is 0 Å². The number of benzene rings is 3. The Morgan fingerprint density at radius 3 is 2.59 bits per heavy atom. The van der Waals surface area contributed by atoms with Gasteiger partial charge in [-0.2, -0.15) is 0 Å². The van der Waals surface area contributed by atoms with E-state index in [1.54, 1.807) is 48.5 Å². The van der Waals surface area contributed by atoms with Crippen LogP contribution in [0.15, 0.2) is 66.4 Å². The van der Waals surface area contributed by atoms with Crippen molar-refractivity contribution in [3.05, 3.63) is 98.7 Å². The maximum absolute atomic E-state index is 12.6. The molecule has 0 aliphatic carbocycles. The van der Waals surface area contributed by atoms with Crippen LogP contribution in [-0.4, -0.2) is 11.8 Å². The molecule has 1 aliphatic rings. The Balaban J connectivity index is 1.58. The molecule has 0 bridgehead atoms. The summed E-state index contributed by atoms with van der Waals surface area (Å²) in [6, 6.07) is 16.8. The third-order valence-electron chi connectivity index (χ3n) is 4.47.